The molecule has 0 aromatic heterocycles. The molecule has 0 aliphatic carbocycles. The summed E-state index contributed by atoms with van der Waals surface area (Å²) in [5.74, 6) is 0.0125. The van der Waals surface area contributed by atoms with Gasteiger partial charge in [-0.1, -0.05) is 6.92 Å². The summed E-state index contributed by atoms with van der Waals surface area (Å²) in [6.07, 6.45) is 0.370. The Morgan fingerprint density at radius 2 is 1.70 bits per heavy atom. The summed E-state index contributed by atoms with van der Waals surface area (Å²) < 4.78 is 16.0. The van der Waals surface area contributed by atoms with E-state index in [-0.39, 0.29) is 24.6 Å². The van der Waals surface area contributed by atoms with Crippen LogP contribution in [-0.4, -0.2) is 31.3 Å². The van der Waals surface area contributed by atoms with Gasteiger partial charge in [0.2, 0.25) is 0 Å². The van der Waals surface area contributed by atoms with Gasteiger partial charge in [-0.3, -0.25) is 4.79 Å². The van der Waals surface area contributed by atoms with Gasteiger partial charge in [0.25, 0.3) is 0 Å². The highest BCUT2D eigenvalue weighted by molar-refractivity contribution is 5.89. The van der Waals surface area contributed by atoms with Crippen molar-refractivity contribution in [3.63, 3.8) is 0 Å². The number of rotatable bonds is 7. The van der Waals surface area contributed by atoms with Crippen LogP contribution in [0.4, 0.5) is 0 Å². The second-order valence-electron chi connectivity index (χ2n) is 6.24. The van der Waals surface area contributed by atoms with E-state index in [0.717, 1.165) is 0 Å². The van der Waals surface area contributed by atoms with Crippen molar-refractivity contribution in [2.45, 2.75) is 47.1 Å². The second kappa shape index (κ2) is 8.56. The molecule has 5 heteroatoms. The SMILES string of the molecule is CCOC(=O)c1ccc(OCC(CC)OC(=O)C(C)(C)C)cc1. The Kier molecular flexibility index (Phi) is 7.07. The van der Waals surface area contributed by atoms with Gasteiger partial charge in [0.15, 0.2) is 0 Å². The summed E-state index contributed by atoms with van der Waals surface area (Å²) in [5, 5.41) is 0. The normalized spacial score (nSPS) is 12.4. The van der Waals surface area contributed by atoms with Crippen LogP contribution in [0.3, 0.4) is 0 Å². The third-order valence-corrected chi connectivity index (χ3v) is 3.14. The number of esters is 2. The molecule has 1 atom stereocenters. The van der Waals surface area contributed by atoms with Crippen LogP contribution in [0.2, 0.25) is 0 Å². The Morgan fingerprint density at radius 1 is 1.09 bits per heavy atom. The van der Waals surface area contributed by atoms with Crippen LogP contribution in [-0.2, 0) is 14.3 Å². The van der Waals surface area contributed by atoms with E-state index in [4.69, 9.17) is 14.2 Å². The lowest BCUT2D eigenvalue weighted by molar-refractivity contribution is -0.160. The van der Waals surface area contributed by atoms with Gasteiger partial charge in [-0.2, -0.15) is 0 Å². The first-order valence-electron chi connectivity index (χ1n) is 7.89. The minimum atomic E-state index is -0.533. The van der Waals surface area contributed by atoms with E-state index in [9.17, 15) is 9.59 Å². The van der Waals surface area contributed by atoms with Crippen molar-refractivity contribution in [1.82, 2.24) is 0 Å². The standard InChI is InChI=1S/C18H26O5/c1-6-14(23-17(20)18(3,4)5)12-22-15-10-8-13(9-11-15)16(19)21-7-2/h8-11,14H,6-7,12H2,1-5H3. The first-order valence-corrected chi connectivity index (χ1v) is 7.89. The number of hydrogen-bond acceptors (Lipinski definition) is 5. The fourth-order valence-electron chi connectivity index (χ4n) is 1.65. The molecule has 0 spiro atoms. The zero-order valence-electron chi connectivity index (χ0n) is 14.5. The average molecular weight is 322 g/mol. The molecule has 0 radical (unpaired) electrons. The van der Waals surface area contributed by atoms with Crippen LogP contribution in [0, 0.1) is 5.41 Å². The molecule has 0 N–H and O–H groups in total. The molecule has 0 amide bonds. The third kappa shape index (κ3) is 6.30. The van der Waals surface area contributed by atoms with Gasteiger partial charge in [-0.15, -0.1) is 0 Å². The largest absolute Gasteiger partial charge is 0.490 e. The smallest absolute Gasteiger partial charge is 0.338 e. The van der Waals surface area contributed by atoms with Gasteiger partial charge >= 0.3 is 11.9 Å². The Balaban J connectivity index is 2.56. The number of benzene rings is 1. The molecule has 0 saturated heterocycles. The van der Waals surface area contributed by atoms with Crippen LogP contribution >= 0.6 is 0 Å². The number of carbonyl (C=O) groups excluding carboxylic acids is 2. The first kappa shape index (κ1) is 19.0. The molecule has 5 nitrogen and oxygen atoms in total. The third-order valence-electron chi connectivity index (χ3n) is 3.14. The highest BCUT2D eigenvalue weighted by Gasteiger charge is 2.26. The number of carbonyl (C=O) groups is 2. The minimum absolute atomic E-state index is 0.245. The molecule has 0 heterocycles. The molecule has 1 rings (SSSR count). The van der Waals surface area contributed by atoms with Gasteiger partial charge in [0.1, 0.15) is 18.5 Å². The van der Waals surface area contributed by atoms with Gasteiger partial charge < -0.3 is 14.2 Å². The maximum Gasteiger partial charge on any atom is 0.338 e. The zero-order valence-corrected chi connectivity index (χ0v) is 14.5. The Hall–Kier alpha value is -2.04. The van der Waals surface area contributed by atoms with E-state index in [2.05, 4.69) is 0 Å². The second-order valence-corrected chi connectivity index (χ2v) is 6.24. The van der Waals surface area contributed by atoms with E-state index in [0.29, 0.717) is 24.3 Å². The molecule has 128 valence electrons. The van der Waals surface area contributed by atoms with E-state index in [1.807, 2.05) is 27.7 Å². The van der Waals surface area contributed by atoms with Crippen LogP contribution in [0.25, 0.3) is 0 Å². The van der Waals surface area contributed by atoms with Crippen molar-refractivity contribution in [3.05, 3.63) is 29.8 Å². The van der Waals surface area contributed by atoms with Crippen molar-refractivity contribution >= 4 is 11.9 Å². The van der Waals surface area contributed by atoms with Gasteiger partial charge in [0, 0.05) is 0 Å². The van der Waals surface area contributed by atoms with Gasteiger partial charge in [-0.25, -0.2) is 4.79 Å². The average Bonchev–Trinajstić information content (AvgIpc) is 2.51. The van der Waals surface area contributed by atoms with E-state index in [1.165, 1.54) is 0 Å². The summed E-state index contributed by atoms with van der Waals surface area (Å²) in [7, 11) is 0. The molecule has 23 heavy (non-hydrogen) atoms. The molecular weight excluding hydrogens is 296 g/mol. The maximum atomic E-state index is 11.9. The lowest BCUT2D eigenvalue weighted by Crippen LogP contribution is -2.31. The lowest BCUT2D eigenvalue weighted by Gasteiger charge is -2.22. The molecular formula is C18H26O5. The van der Waals surface area contributed by atoms with Crippen LogP contribution < -0.4 is 4.74 Å². The molecule has 1 aromatic rings. The van der Waals surface area contributed by atoms with E-state index >= 15 is 0 Å². The zero-order chi connectivity index (χ0) is 17.5. The van der Waals surface area contributed by atoms with Crippen LogP contribution in [0.5, 0.6) is 5.75 Å². The first-order chi connectivity index (χ1) is 10.8. The molecule has 0 saturated carbocycles. The number of ether oxygens (including phenoxy) is 3. The summed E-state index contributed by atoms with van der Waals surface area (Å²) in [6, 6.07) is 6.69. The van der Waals surface area contributed by atoms with Crippen molar-refractivity contribution in [2.75, 3.05) is 13.2 Å². The Bertz CT molecular complexity index is 513. The van der Waals surface area contributed by atoms with Crippen molar-refractivity contribution < 1.29 is 23.8 Å². The quantitative estimate of drug-likeness (QED) is 0.718. The fraction of sp³-hybridized carbons (Fsp3) is 0.556. The topological polar surface area (TPSA) is 61.8 Å². The van der Waals surface area contributed by atoms with Crippen molar-refractivity contribution in [1.29, 1.82) is 0 Å². The maximum absolute atomic E-state index is 11.9. The number of hydrogen-bond donors (Lipinski definition) is 0. The predicted octanol–water partition coefficient (Wildman–Crippen LogP) is 3.61. The van der Waals surface area contributed by atoms with E-state index in [1.54, 1.807) is 31.2 Å². The molecule has 1 unspecified atom stereocenters. The minimum Gasteiger partial charge on any atom is -0.490 e. The molecule has 0 bridgehead atoms. The van der Waals surface area contributed by atoms with Crippen LogP contribution in [0.1, 0.15) is 51.4 Å². The fourth-order valence-corrected chi connectivity index (χ4v) is 1.65. The molecule has 1 aromatic carbocycles. The summed E-state index contributed by atoms with van der Waals surface area (Å²) in [6.45, 7) is 9.77. The molecule has 0 aliphatic heterocycles. The van der Waals surface area contributed by atoms with Gasteiger partial charge in [0.05, 0.1) is 17.6 Å². The van der Waals surface area contributed by atoms with Crippen molar-refractivity contribution in [2.24, 2.45) is 5.41 Å². The summed E-state index contributed by atoms with van der Waals surface area (Å²) in [5.41, 5.74) is -0.0558. The summed E-state index contributed by atoms with van der Waals surface area (Å²) in [4.78, 5) is 23.5. The summed E-state index contributed by atoms with van der Waals surface area (Å²) >= 11 is 0. The molecule has 0 fully saturated rings. The lowest BCUT2D eigenvalue weighted by atomic mass is 9.97. The Labute approximate surface area is 137 Å². The van der Waals surface area contributed by atoms with Crippen LogP contribution in [0.15, 0.2) is 24.3 Å². The van der Waals surface area contributed by atoms with Gasteiger partial charge in [-0.05, 0) is 58.4 Å². The predicted molar refractivity (Wildman–Crippen MR) is 87.5 cm³/mol. The molecule has 0 aliphatic rings. The highest BCUT2D eigenvalue weighted by atomic mass is 16.6. The monoisotopic (exact) mass is 322 g/mol. The van der Waals surface area contributed by atoms with Crippen molar-refractivity contribution in [3.8, 4) is 5.75 Å². The highest BCUT2D eigenvalue weighted by Crippen LogP contribution is 2.18. The Morgan fingerprint density at radius 3 is 2.17 bits per heavy atom. The van der Waals surface area contributed by atoms with E-state index < -0.39 is 5.41 Å².